The minimum Gasteiger partial charge on any atom is -0.493 e. The van der Waals surface area contributed by atoms with Crippen LogP contribution < -0.4 is 15.2 Å². The van der Waals surface area contributed by atoms with Gasteiger partial charge in [-0.1, -0.05) is 28.1 Å². The Morgan fingerprint density at radius 3 is 2.59 bits per heavy atom. The van der Waals surface area contributed by atoms with E-state index in [1.807, 2.05) is 38.1 Å². The Balaban J connectivity index is 3.12. The molecule has 0 saturated heterocycles. The summed E-state index contributed by atoms with van der Waals surface area (Å²) in [6, 6.07) is 3.84. The van der Waals surface area contributed by atoms with Crippen LogP contribution in [0.5, 0.6) is 11.5 Å². The summed E-state index contributed by atoms with van der Waals surface area (Å²) in [5.41, 5.74) is 6.46. The monoisotopic (exact) mass is 299 g/mol. The van der Waals surface area contributed by atoms with Crippen molar-refractivity contribution in [3.8, 4) is 11.5 Å². The van der Waals surface area contributed by atoms with Crippen LogP contribution in [0.4, 0.5) is 0 Å². The third kappa shape index (κ3) is 4.06. The van der Waals surface area contributed by atoms with Crippen molar-refractivity contribution in [1.82, 2.24) is 0 Å². The molecular formula is C13H18BrNO2. The second-order valence-corrected chi connectivity index (χ2v) is 4.68. The lowest BCUT2D eigenvalue weighted by Crippen LogP contribution is -2.07. The fourth-order valence-corrected chi connectivity index (χ4v) is 1.83. The number of hydrogen-bond donors (Lipinski definition) is 1. The van der Waals surface area contributed by atoms with E-state index < -0.39 is 0 Å². The van der Waals surface area contributed by atoms with E-state index in [1.165, 1.54) is 0 Å². The molecule has 0 aromatic heterocycles. The molecule has 1 aromatic carbocycles. The van der Waals surface area contributed by atoms with E-state index in [4.69, 9.17) is 15.2 Å². The first-order chi connectivity index (χ1) is 8.08. The molecule has 0 unspecified atom stereocenters. The minimum atomic E-state index is 0.108. The van der Waals surface area contributed by atoms with Crippen LogP contribution in [0.2, 0.25) is 0 Å². The van der Waals surface area contributed by atoms with Gasteiger partial charge in [0.15, 0.2) is 11.5 Å². The predicted octanol–water partition coefficient (Wildman–Crippen LogP) is 3.22. The number of nitrogens with two attached hydrogens (primary N) is 1. The molecule has 2 N–H and O–H groups in total. The topological polar surface area (TPSA) is 44.5 Å². The van der Waals surface area contributed by atoms with Gasteiger partial charge in [0.05, 0.1) is 13.2 Å². The molecule has 0 heterocycles. The van der Waals surface area contributed by atoms with Gasteiger partial charge in [0.1, 0.15) is 0 Å². The fraction of sp³-hybridized carbons (Fsp3) is 0.385. The van der Waals surface area contributed by atoms with Crippen molar-refractivity contribution in [2.24, 2.45) is 5.73 Å². The van der Waals surface area contributed by atoms with Crippen LogP contribution in [0.25, 0.3) is 6.08 Å². The molecule has 1 rings (SSSR count). The Hall–Kier alpha value is -1.00. The normalized spacial score (nSPS) is 11.2. The first kappa shape index (κ1) is 14.1. The minimum absolute atomic E-state index is 0.108. The van der Waals surface area contributed by atoms with E-state index in [2.05, 4.69) is 15.9 Å². The molecule has 0 aliphatic rings. The lowest BCUT2D eigenvalue weighted by atomic mass is 10.2. The number of ether oxygens (including phenoxy) is 2. The molecule has 0 radical (unpaired) electrons. The van der Waals surface area contributed by atoms with E-state index in [9.17, 15) is 0 Å². The molecule has 3 nitrogen and oxygen atoms in total. The summed E-state index contributed by atoms with van der Waals surface area (Å²) < 4.78 is 11.9. The van der Waals surface area contributed by atoms with Crippen molar-refractivity contribution < 1.29 is 9.47 Å². The Morgan fingerprint density at radius 2 is 2.06 bits per heavy atom. The number of methoxy groups -OCH3 is 1. The highest BCUT2D eigenvalue weighted by Gasteiger charge is 2.10. The average Bonchev–Trinajstić information content (AvgIpc) is 2.28. The van der Waals surface area contributed by atoms with Crippen molar-refractivity contribution in [2.45, 2.75) is 20.0 Å². The summed E-state index contributed by atoms with van der Waals surface area (Å²) in [6.45, 7) is 4.48. The zero-order chi connectivity index (χ0) is 12.8. The van der Waals surface area contributed by atoms with Crippen molar-refractivity contribution in [3.05, 3.63) is 28.2 Å². The van der Waals surface area contributed by atoms with Gasteiger partial charge in [0, 0.05) is 11.0 Å². The largest absolute Gasteiger partial charge is 0.493 e. The van der Waals surface area contributed by atoms with Crippen LogP contribution in [0.1, 0.15) is 19.4 Å². The van der Waals surface area contributed by atoms with Crippen LogP contribution in [-0.4, -0.2) is 19.8 Å². The van der Waals surface area contributed by atoms with Crippen LogP contribution in [0.15, 0.2) is 22.7 Å². The summed E-state index contributed by atoms with van der Waals surface area (Å²) in [4.78, 5) is 0. The van der Waals surface area contributed by atoms with Crippen molar-refractivity contribution >= 4 is 22.0 Å². The number of halogens is 1. The summed E-state index contributed by atoms with van der Waals surface area (Å²) >= 11 is 3.49. The molecule has 0 atom stereocenters. The molecule has 0 saturated carbocycles. The van der Waals surface area contributed by atoms with Crippen molar-refractivity contribution in [2.75, 3.05) is 13.7 Å². The molecule has 4 heteroatoms. The van der Waals surface area contributed by atoms with Gasteiger partial charge in [-0.15, -0.1) is 0 Å². The first-order valence-electron chi connectivity index (χ1n) is 5.49. The maximum Gasteiger partial charge on any atom is 0.162 e. The molecule has 1 aromatic rings. The lowest BCUT2D eigenvalue weighted by Gasteiger charge is -2.15. The lowest BCUT2D eigenvalue weighted by molar-refractivity contribution is 0.230. The van der Waals surface area contributed by atoms with E-state index in [1.54, 1.807) is 7.11 Å². The summed E-state index contributed by atoms with van der Waals surface area (Å²) in [5, 5.41) is 0. The van der Waals surface area contributed by atoms with E-state index in [-0.39, 0.29) is 6.10 Å². The quantitative estimate of drug-likeness (QED) is 0.908. The molecule has 17 heavy (non-hydrogen) atoms. The zero-order valence-corrected chi connectivity index (χ0v) is 12.0. The number of rotatable bonds is 5. The maximum atomic E-state index is 5.70. The molecule has 0 spiro atoms. The van der Waals surface area contributed by atoms with Crippen LogP contribution in [0.3, 0.4) is 0 Å². The molecule has 0 bridgehead atoms. The van der Waals surface area contributed by atoms with Gasteiger partial charge in [0.25, 0.3) is 0 Å². The highest BCUT2D eigenvalue weighted by atomic mass is 79.9. The van der Waals surface area contributed by atoms with Crippen LogP contribution in [-0.2, 0) is 0 Å². The van der Waals surface area contributed by atoms with Gasteiger partial charge in [0.2, 0.25) is 0 Å². The van der Waals surface area contributed by atoms with Gasteiger partial charge in [-0.05, 0) is 31.5 Å². The number of benzene rings is 1. The van der Waals surface area contributed by atoms with Gasteiger partial charge < -0.3 is 15.2 Å². The summed E-state index contributed by atoms with van der Waals surface area (Å²) in [5.74, 6) is 1.46. The Kier molecular flexibility index (Phi) is 5.51. The molecule has 0 aliphatic carbocycles. The van der Waals surface area contributed by atoms with Gasteiger partial charge in [-0.2, -0.15) is 0 Å². The molecule has 0 aliphatic heterocycles. The average molecular weight is 300 g/mol. The summed E-state index contributed by atoms with van der Waals surface area (Å²) in [7, 11) is 1.63. The Labute approximate surface area is 111 Å². The number of hydrogen-bond acceptors (Lipinski definition) is 3. The molecule has 0 amide bonds. The summed E-state index contributed by atoms with van der Waals surface area (Å²) in [6.07, 6.45) is 3.96. The van der Waals surface area contributed by atoms with Crippen LogP contribution in [0, 0.1) is 0 Å². The van der Waals surface area contributed by atoms with Crippen molar-refractivity contribution in [3.63, 3.8) is 0 Å². The second-order valence-electron chi connectivity index (χ2n) is 3.83. The third-order valence-corrected chi connectivity index (χ3v) is 2.77. The van der Waals surface area contributed by atoms with Gasteiger partial charge in [-0.25, -0.2) is 0 Å². The van der Waals surface area contributed by atoms with Gasteiger partial charge >= 0.3 is 0 Å². The molecular weight excluding hydrogens is 282 g/mol. The maximum absolute atomic E-state index is 5.70. The first-order valence-corrected chi connectivity index (χ1v) is 6.28. The standard InChI is InChI=1S/C13H18BrNO2/c1-9(2)17-13-7-10(5-4-6-15)11(14)8-12(13)16-3/h4-5,7-9H,6,15H2,1-3H3/b5-4+. The van der Waals surface area contributed by atoms with E-state index in [0.29, 0.717) is 6.54 Å². The van der Waals surface area contributed by atoms with E-state index in [0.717, 1.165) is 21.5 Å². The van der Waals surface area contributed by atoms with Crippen LogP contribution >= 0.6 is 15.9 Å². The Bertz CT molecular complexity index is 403. The Morgan fingerprint density at radius 1 is 1.35 bits per heavy atom. The second kappa shape index (κ2) is 6.67. The highest BCUT2D eigenvalue weighted by Crippen LogP contribution is 2.34. The SMILES string of the molecule is COc1cc(Br)c(/C=C/CN)cc1OC(C)C. The fourth-order valence-electron chi connectivity index (χ4n) is 1.38. The smallest absolute Gasteiger partial charge is 0.162 e. The van der Waals surface area contributed by atoms with E-state index >= 15 is 0 Å². The molecule has 94 valence electrons. The highest BCUT2D eigenvalue weighted by molar-refractivity contribution is 9.10. The van der Waals surface area contributed by atoms with Crippen molar-refractivity contribution in [1.29, 1.82) is 0 Å². The zero-order valence-electron chi connectivity index (χ0n) is 10.4. The third-order valence-electron chi connectivity index (χ3n) is 2.08. The predicted molar refractivity (Wildman–Crippen MR) is 74.5 cm³/mol. The molecule has 0 fully saturated rings. The van der Waals surface area contributed by atoms with Gasteiger partial charge in [-0.3, -0.25) is 0 Å².